The van der Waals surface area contributed by atoms with Gasteiger partial charge in [-0.3, -0.25) is 4.79 Å². The van der Waals surface area contributed by atoms with Crippen LogP contribution in [0.25, 0.3) is 16.9 Å². The number of methoxy groups -OCH3 is 1. The molecule has 2 fully saturated rings. The Morgan fingerprint density at radius 1 is 1.23 bits per heavy atom. The maximum atomic E-state index is 14.7. The second kappa shape index (κ2) is 10.0. The second-order valence-corrected chi connectivity index (χ2v) is 10.1. The molecule has 2 saturated heterocycles. The number of likely N-dealkylation sites (tertiary alicyclic amines) is 2. The van der Waals surface area contributed by atoms with Gasteiger partial charge in [-0.1, -0.05) is 26.0 Å². The zero-order valence-corrected chi connectivity index (χ0v) is 20.6. The molecule has 0 aliphatic carbocycles. The number of ether oxygens (including phenoxy) is 1. The van der Waals surface area contributed by atoms with Crippen molar-refractivity contribution in [1.29, 1.82) is 0 Å². The molecule has 5 rings (SSSR count). The molecule has 2 aliphatic rings. The van der Waals surface area contributed by atoms with E-state index in [1.165, 1.54) is 10.7 Å². The van der Waals surface area contributed by atoms with Crippen molar-refractivity contribution in [3.63, 3.8) is 0 Å². The van der Waals surface area contributed by atoms with E-state index >= 15 is 0 Å². The van der Waals surface area contributed by atoms with Crippen LogP contribution in [0, 0.1) is 17.7 Å². The van der Waals surface area contributed by atoms with Crippen molar-refractivity contribution in [3.05, 3.63) is 35.6 Å². The van der Waals surface area contributed by atoms with Crippen LogP contribution in [0.2, 0.25) is 0 Å². The summed E-state index contributed by atoms with van der Waals surface area (Å²) < 4.78 is 26.7. The lowest BCUT2D eigenvalue weighted by Crippen LogP contribution is -2.34. The highest BCUT2D eigenvalue weighted by atomic mass is 19.1. The summed E-state index contributed by atoms with van der Waals surface area (Å²) in [6.07, 6.45) is 2.79. The Morgan fingerprint density at radius 2 is 2.06 bits per heavy atom. The quantitative estimate of drug-likeness (QED) is 0.486. The number of amides is 1. The first-order chi connectivity index (χ1) is 16.9. The van der Waals surface area contributed by atoms with Crippen LogP contribution in [0.1, 0.15) is 44.2 Å². The first kappa shape index (κ1) is 23.9. The summed E-state index contributed by atoms with van der Waals surface area (Å²) in [6, 6.07) is 5.00. The van der Waals surface area contributed by atoms with Gasteiger partial charge in [-0.25, -0.2) is 4.39 Å². The van der Waals surface area contributed by atoms with Gasteiger partial charge < -0.3 is 19.1 Å². The predicted octanol–water partition coefficient (Wildman–Crippen LogP) is 3.03. The van der Waals surface area contributed by atoms with Gasteiger partial charge in [0.15, 0.2) is 0 Å². The smallest absolute Gasteiger partial charge is 0.291 e. The number of para-hydroxylation sites is 1. The van der Waals surface area contributed by atoms with E-state index in [1.807, 2.05) is 24.8 Å². The number of rotatable bonds is 8. The standard InChI is InChI=1S/C25H33FN6O3/c1-16(2)23-19-5-4-6-20(26)24(19)32(28-23)25-27-21(35-29-25)11-17-7-9-30(12-17)13-18-8-10-31(14-18)22(33)15-34-3/h4-6,16-18H,7-15H2,1-3H3/t17-,18+/m0/s1. The second-order valence-electron chi connectivity index (χ2n) is 10.1. The van der Waals surface area contributed by atoms with Crippen LogP contribution >= 0.6 is 0 Å². The van der Waals surface area contributed by atoms with Crippen LogP contribution in [0.15, 0.2) is 22.7 Å². The van der Waals surface area contributed by atoms with E-state index in [-0.39, 0.29) is 30.2 Å². The van der Waals surface area contributed by atoms with E-state index in [0.717, 1.165) is 56.6 Å². The molecule has 0 bridgehead atoms. The molecule has 35 heavy (non-hydrogen) atoms. The lowest BCUT2D eigenvalue weighted by atomic mass is 10.1. The molecule has 2 aromatic heterocycles. The number of fused-ring (bicyclic) bond motifs is 1. The molecule has 4 heterocycles. The van der Waals surface area contributed by atoms with Crippen LogP contribution in [-0.2, 0) is 16.0 Å². The van der Waals surface area contributed by atoms with Gasteiger partial charge in [0.05, 0.1) is 5.69 Å². The number of hydrogen-bond donors (Lipinski definition) is 0. The molecule has 1 amide bonds. The van der Waals surface area contributed by atoms with Crippen LogP contribution < -0.4 is 0 Å². The average molecular weight is 485 g/mol. The third kappa shape index (κ3) is 4.95. The molecule has 3 aromatic rings. The minimum atomic E-state index is -0.353. The van der Waals surface area contributed by atoms with Crippen molar-refractivity contribution < 1.29 is 18.4 Å². The lowest BCUT2D eigenvalue weighted by molar-refractivity contribution is -0.134. The fourth-order valence-corrected chi connectivity index (χ4v) is 5.42. The zero-order chi connectivity index (χ0) is 24.5. The fourth-order valence-electron chi connectivity index (χ4n) is 5.42. The first-order valence-corrected chi connectivity index (χ1v) is 12.4. The molecule has 2 atom stereocenters. The average Bonchev–Trinajstić information content (AvgIpc) is 3.61. The third-order valence-electron chi connectivity index (χ3n) is 7.13. The van der Waals surface area contributed by atoms with Crippen LogP contribution in [0.3, 0.4) is 0 Å². The minimum Gasteiger partial charge on any atom is -0.375 e. The van der Waals surface area contributed by atoms with E-state index in [4.69, 9.17) is 9.26 Å². The van der Waals surface area contributed by atoms with E-state index in [2.05, 4.69) is 20.1 Å². The van der Waals surface area contributed by atoms with Crippen molar-refractivity contribution in [2.75, 3.05) is 46.4 Å². The van der Waals surface area contributed by atoms with Crippen LogP contribution in [-0.4, -0.2) is 82.1 Å². The Morgan fingerprint density at radius 3 is 2.86 bits per heavy atom. The summed E-state index contributed by atoms with van der Waals surface area (Å²) in [7, 11) is 1.56. The number of carbonyl (C=O) groups is 1. The number of halogens is 1. The summed E-state index contributed by atoms with van der Waals surface area (Å²) >= 11 is 0. The van der Waals surface area contributed by atoms with E-state index < -0.39 is 0 Å². The molecular formula is C25H33FN6O3. The molecule has 0 N–H and O–H groups in total. The molecule has 0 radical (unpaired) electrons. The van der Waals surface area contributed by atoms with E-state index in [0.29, 0.717) is 29.7 Å². The van der Waals surface area contributed by atoms with E-state index in [1.54, 1.807) is 13.2 Å². The molecule has 9 nitrogen and oxygen atoms in total. The molecule has 0 unspecified atom stereocenters. The van der Waals surface area contributed by atoms with Gasteiger partial charge in [-0.15, -0.1) is 0 Å². The monoisotopic (exact) mass is 484 g/mol. The van der Waals surface area contributed by atoms with Crippen molar-refractivity contribution in [2.45, 2.75) is 39.0 Å². The highest BCUT2D eigenvalue weighted by Crippen LogP contribution is 2.29. The van der Waals surface area contributed by atoms with E-state index in [9.17, 15) is 9.18 Å². The molecular weight excluding hydrogens is 451 g/mol. The Labute approximate surface area is 204 Å². The van der Waals surface area contributed by atoms with Gasteiger partial charge >= 0.3 is 0 Å². The van der Waals surface area contributed by atoms with Gasteiger partial charge in [-0.05, 0) is 48.4 Å². The molecule has 2 aliphatic heterocycles. The van der Waals surface area contributed by atoms with Crippen molar-refractivity contribution in [1.82, 2.24) is 29.7 Å². The molecule has 1 aromatic carbocycles. The Hall–Kier alpha value is -2.85. The number of benzene rings is 1. The summed E-state index contributed by atoms with van der Waals surface area (Å²) in [5, 5.41) is 9.50. The number of hydrogen-bond acceptors (Lipinski definition) is 7. The minimum absolute atomic E-state index is 0.0758. The molecule has 0 saturated carbocycles. The van der Waals surface area contributed by atoms with Gasteiger partial charge in [0, 0.05) is 45.1 Å². The zero-order valence-electron chi connectivity index (χ0n) is 20.6. The Kier molecular flexibility index (Phi) is 6.84. The van der Waals surface area contributed by atoms with Gasteiger partial charge in [0.2, 0.25) is 11.8 Å². The maximum Gasteiger partial charge on any atom is 0.291 e. The number of nitrogens with zero attached hydrogens (tertiary/aromatic N) is 6. The van der Waals surface area contributed by atoms with Gasteiger partial charge in [0.1, 0.15) is 17.9 Å². The predicted molar refractivity (Wildman–Crippen MR) is 128 cm³/mol. The third-order valence-corrected chi connectivity index (χ3v) is 7.13. The topological polar surface area (TPSA) is 89.5 Å². The highest BCUT2D eigenvalue weighted by molar-refractivity contribution is 5.84. The van der Waals surface area contributed by atoms with Crippen molar-refractivity contribution in [3.8, 4) is 5.95 Å². The normalized spacial score (nSPS) is 21.1. The summed E-state index contributed by atoms with van der Waals surface area (Å²) in [6.45, 7) is 8.84. The number of aromatic nitrogens is 4. The fraction of sp³-hybridized carbons (Fsp3) is 0.600. The maximum absolute atomic E-state index is 14.7. The van der Waals surface area contributed by atoms with Gasteiger partial charge in [-0.2, -0.15) is 14.8 Å². The summed E-state index contributed by atoms with van der Waals surface area (Å²) in [5.41, 5.74) is 1.19. The molecule has 188 valence electrons. The van der Waals surface area contributed by atoms with Crippen LogP contribution in [0.5, 0.6) is 0 Å². The van der Waals surface area contributed by atoms with Crippen LogP contribution in [0.4, 0.5) is 4.39 Å². The summed E-state index contributed by atoms with van der Waals surface area (Å²) in [5.74, 6) is 1.61. The largest absolute Gasteiger partial charge is 0.375 e. The van der Waals surface area contributed by atoms with Crippen molar-refractivity contribution in [2.24, 2.45) is 11.8 Å². The Balaban J connectivity index is 1.21. The van der Waals surface area contributed by atoms with Crippen molar-refractivity contribution >= 4 is 16.8 Å². The SMILES string of the molecule is COCC(=O)N1CC[C@H](CN2CC[C@@H](Cc3nc(-n4nc(C(C)C)c5cccc(F)c54)no3)C2)C1. The lowest BCUT2D eigenvalue weighted by Gasteiger charge is -2.21. The number of carbonyl (C=O) groups excluding carboxylic acids is 1. The van der Waals surface area contributed by atoms with Gasteiger partial charge in [0.25, 0.3) is 5.95 Å². The Bertz CT molecular complexity index is 1190. The molecule has 10 heteroatoms. The highest BCUT2D eigenvalue weighted by Gasteiger charge is 2.31. The molecule has 0 spiro atoms. The summed E-state index contributed by atoms with van der Waals surface area (Å²) in [4.78, 5) is 21.0. The first-order valence-electron chi connectivity index (χ1n) is 12.4.